The van der Waals surface area contributed by atoms with Gasteiger partial charge in [0.05, 0.1) is 24.7 Å². The molecule has 3 heterocycles. The van der Waals surface area contributed by atoms with Gasteiger partial charge in [0.2, 0.25) is 17.8 Å². The van der Waals surface area contributed by atoms with Crippen molar-refractivity contribution in [2.45, 2.75) is 70.2 Å². The van der Waals surface area contributed by atoms with Crippen LogP contribution in [0.2, 0.25) is 0 Å². The number of likely N-dealkylation sites (tertiary alicyclic amines) is 1. The number of hydrogen-bond donors (Lipinski definition) is 1. The fourth-order valence-corrected chi connectivity index (χ4v) is 5.31. The lowest BCUT2D eigenvalue weighted by Crippen LogP contribution is -2.47. The minimum Gasteiger partial charge on any atom is -0.342 e. The predicted octanol–water partition coefficient (Wildman–Crippen LogP) is 3.98. The number of aromatic nitrogens is 2. The number of halogens is 2. The fourth-order valence-electron chi connectivity index (χ4n) is 5.31. The van der Waals surface area contributed by atoms with Gasteiger partial charge in [-0.25, -0.2) is 9.37 Å². The predicted molar refractivity (Wildman–Crippen MR) is 142 cm³/mol. The summed E-state index contributed by atoms with van der Waals surface area (Å²) in [5, 5.41) is 2.91. The van der Waals surface area contributed by atoms with Crippen molar-refractivity contribution >= 4 is 11.8 Å². The summed E-state index contributed by atoms with van der Waals surface area (Å²) in [7, 11) is 0. The first-order chi connectivity index (χ1) is 18.7. The highest BCUT2D eigenvalue weighted by Crippen LogP contribution is 2.41. The molecule has 204 valence electrons. The summed E-state index contributed by atoms with van der Waals surface area (Å²) in [5.41, 5.74) is 2.62. The van der Waals surface area contributed by atoms with Gasteiger partial charge in [-0.2, -0.15) is 4.39 Å². The van der Waals surface area contributed by atoms with E-state index in [9.17, 15) is 23.2 Å². The highest BCUT2D eigenvalue weighted by atomic mass is 19.1. The topological polar surface area (TPSA) is 84.3 Å². The van der Waals surface area contributed by atoms with Crippen LogP contribution >= 0.6 is 0 Å². The summed E-state index contributed by atoms with van der Waals surface area (Å²) in [6.07, 6.45) is 1.96. The third kappa shape index (κ3) is 5.77. The smallest absolute Gasteiger partial charge is 0.253 e. The van der Waals surface area contributed by atoms with Gasteiger partial charge < -0.3 is 14.8 Å². The maximum atomic E-state index is 14.8. The molecule has 9 heteroatoms. The molecule has 3 unspecified atom stereocenters. The van der Waals surface area contributed by atoms with Crippen molar-refractivity contribution in [3.05, 3.63) is 99.0 Å². The molecule has 7 nitrogen and oxygen atoms in total. The number of aryl methyl sites for hydroxylation is 2. The number of nitrogens with zero attached hydrogens (tertiary/aromatic N) is 3. The van der Waals surface area contributed by atoms with Crippen LogP contribution in [0.4, 0.5) is 8.78 Å². The monoisotopic (exact) mass is 534 g/mol. The van der Waals surface area contributed by atoms with Crippen LogP contribution in [0.1, 0.15) is 66.1 Å². The molecule has 2 aromatic heterocycles. The van der Waals surface area contributed by atoms with E-state index in [2.05, 4.69) is 10.3 Å². The Morgan fingerprint density at radius 2 is 1.90 bits per heavy atom. The number of alkyl halides is 1. The van der Waals surface area contributed by atoms with Crippen molar-refractivity contribution in [1.82, 2.24) is 19.8 Å². The Balaban J connectivity index is 1.38. The Morgan fingerprint density at radius 1 is 1.15 bits per heavy atom. The van der Waals surface area contributed by atoms with Crippen LogP contribution in [-0.4, -0.2) is 45.0 Å². The number of carbonyl (C=O) groups is 2. The fraction of sp³-hybridized carbons (Fsp3) is 0.400. The van der Waals surface area contributed by atoms with E-state index in [-0.39, 0.29) is 30.9 Å². The second-order valence-corrected chi connectivity index (χ2v) is 10.4. The maximum Gasteiger partial charge on any atom is 0.253 e. The molecule has 5 rings (SSSR count). The number of rotatable bonds is 8. The lowest BCUT2D eigenvalue weighted by molar-refractivity contribution is -0.138. The SMILES string of the molecule is CCn1cc(CC(=O)N2CC(F)CC2C(=O)NC(c2ccccc2)c2ccc(C3CC3)c(F)n2)cc(C)c1=O. The van der Waals surface area contributed by atoms with Crippen molar-refractivity contribution < 1.29 is 18.4 Å². The number of carbonyl (C=O) groups excluding carboxylic acids is 2. The van der Waals surface area contributed by atoms with Crippen LogP contribution in [0.25, 0.3) is 0 Å². The van der Waals surface area contributed by atoms with E-state index in [1.165, 1.54) is 9.47 Å². The molecule has 1 aliphatic carbocycles. The molecule has 1 saturated heterocycles. The molecule has 2 aliphatic rings. The van der Waals surface area contributed by atoms with Crippen LogP contribution in [-0.2, 0) is 22.6 Å². The summed E-state index contributed by atoms with van der Waals surface area (Å²) < 4.78 is 31.0. The molecule has 2 amide bonds. The first kappa shape index (κ1) is 26.7. The lowest BCUT2D eigenvalue weighted by Gasteiger charge is -2.27. The van der Waals surface area contributed by atoms with Crippen LogP contribution < -0.4 is 10.9 Å². The number of pyridine rings is 2. The van der Waals surface area contributed by atoms with E-state index in [0.29, 0.717) is 34.5 Å². The zero-order chi connectivity index (χ0) is 27.7. The summed E-state index contributed by atoms with van der Waals surface area (Å²) in [6, 6.07) is 12.4. The summed E-state index contributed by atoms with van der Waals surface area (Å²) in [6.45, 7) is 3.79. The standard InChI is InChI=1S/C30H32F2N4O3/c1-3-35-16-19(13-18(2)30(35)39)14-26(37)36-17-22(31)15-25(36)29(38)34-27(21-7-5-4-6-8-21)24-12-11-23(20-9-10-20)28(32)33-24/h4-8,11-13,16,20,22,25,27H,3,9-10,14-15,17H2,1-2H3,(H,34,38). The quantitative estimate of drug-likeness (QED) is 0.443. The Hall–Kier alpha value is -3.88. The summed E-state index contributed by atoms with van der Waals surface area (Å²) in [5.74, 6) is -1.28. The van der Waals surface area contributed by atoms with Crippen molar-refractivity contribution in [3.8, 4) is 0 Å². The van der Waals surface area contributed by atoms with E-state index in [1.54, 1.807) is 43.5 Å². The van der Waals surface area contributed by atoms with E-state index < -0.39 is 36.0 Å². The van der Waals surface area contributed by atoms with Gasteiger partial charge in [-0.3, -0.25) is 14.4 Å². The van der Waals surface area contributed by atoms with Gasteiger partial charge in [-0.15, -0.1) is 0 Å². The molecular weight excluding hydrogens is 502 g/mol. The van der Waals surface area contributed by atoms with E-state index in [0.717, 1.165) is 12.8 Å². The first-order valence-electron chi connectivity index (χ1n) is 13.4. The molecule has 39 heavy (non-hydrogen) atoms. The molecule has 3 aromatic rings. The number of nitrogens with one attached hydrogen (secondary N) is 1. The zero-order valence-corrected chi connectivity index (χ0v) is 22.1. The van der Waals surface area contributed by atoms with Gasteiger partial charge in [0, 0.05) is 30.3 Å². The molecular formula is C30H32F2N4O3. The zero-order valence-electron chi connectivity index (χ0n) is 22.1. The Labute approximate surface area is 225 Å². The van der Waals surface area contributed by atoms with Crippen LogP contribution in [0.15, 0.2) is 59.5 Å². The average Bonchev–Trinajstić information content (AvgIpc) is 3.69. The molecule has 1 N–H and O–H groups in total. The highest BCUT2D eigenvalue weighted by molar-refractivity contribution is 5.89. The number of benzene rings is 1. The second kappa shape index (κ2) is 11.1. The first-order valence-corrected chi connectivity index (χ1v) is 13.4. The Bertz CT molecular complexity index is 1440. The Morgan fingerprint density at radius 3 is 2.56 bits per heavy atom. The minimum atomic E-state index is -1.35. The number of amides is 2. The largest absolute Gasteiger partial charge is 0.342 e. The molecule has 1 aliphatic heterocycles. The van der Waals surface area contributed by atoms with Gasteiger partial charge in [0.1, 0.15) is 12.2 Å². The summed E-state index contributed by atoms with van der Waals surface area (Å²) >= 11 is 0. The van der Waals surface area contributed by atoms with Crippen molar-refractivity contribution in [2.75, 3.05) is 6.54 Å². The van der Waals surface area contributed by atoms with Crippen molar-refractivity contribution in [1.29, 1.82) is 0 Å². The summed E-state index contributed by atoms with van der Waals surface area (Å²) in [4.78, 5) is 44.5. The van der Waals surface area contributed by atoms with Crippen molar-refractivity contribution in [3.63, 3.8) is 0 Å². The van der Waals surface area contributed by atoms with E-state index in [4.69, 9.17) is 0 Å². The molecule has 1 saturated carbocycles. The lowest BCUT2D eigenvalue weighted by atomic mass is 10.0. The van der Waals surface area contributed by atoms with Crippen LogP contribution in [0.3, 0.4) is 0 Å². The van der Waals surface area contributed by atoms with Gasteiger partial charge in [0.25, 0.3) is 5.56 Å². The third-order valence-electron chi connectivity index (χ3n) is 7.52. The Kier molecular flexibility index (Phi) is 7.59. The highest BCUT2D eigenvalue weighted by Gasteiger charge is 2.40. The van der Waals surface area contributed by atoms with E-state index in [1.807, 2.05) is 25.1 Å². The second-order valence-electron chi connectivity index (χ2n) is 10.4. The molecule has 0 bridgehead atoms. The van der Waals surface area contributed by atoms with Crippen LogP contribution in [0, 0.1) is 12.9 Å². The van der Waals surface area contributed by atoms with Gasteiger partial charge in [-0.1, -0.05) is 36.4 Å². The van der Waals surface area contributed by atoms with Gasteiger partial charge in [0.15, 0.2) is 0 Å². The van der Waals surface area contributed by atoms with Crippen LogP contribution in [0.5, 0.6) is 0 Å². The maximum absolute atomic E-state index is 14.8. The average molecular weight is 535 g/mol. The normalized spacial score (nSPS) is 19.6. The minimum absolute atomic E-state index is 0.0604. The van der Waals surface area contributed by atoms with E-state index >= 15 is 0 Å². The van der Waals surface area contributed by atoms with Gasteiger partial charge >= 0.3 is 0 Å². The molecule has 3 atom stereocenters. The third-order valence-corrected chi connectivity index (χ3v) is 7.52. The van der Waals surface area contributed by atoms with Gasteiger partial charge in [-0.05, 0) is 55.9 Å². The molecule has 0 spiro atoms. The molecule has 1 aromatic carbocycles. The molecule has 0 radical (unpaired) electrons. The number of hydrogen-bond acceptors (Lipinski definition) is 4. The molecule has 2 fully saturated rings. The van der Waals surface area contributed by atoms with Crippen molar-refractivity contribution in [2.24, 2.45) is 0 Å².